The zero-order valence-electron chi connectivity index (χ0n) is 16.0. The van der Waals surface area contributed by atoms with Gasteiger partial charge in [0.15, 0.2) is 0 Å². The fourth-order valence-corrected chi connectivity index (χ4v) is 3.80. The summed E-state index contributed by atoms with van der Waals surface area (Å²) in [6.45, 7) is 2.82. The summed E-state index contributed by atoms with van der Waals surface area (Å²) in [5.41, 5.74) is 2.77. The van der Waals surface area contributed by atoms with E-state index in [4.69, 9.17) is 11.6 Å². The first kappa shape index (κ1) is 19.3. The Kier molecular flexibility index (Phi) is 5.71. The summed E-state index contributed by atoms with van der Waals surface area (Å²) in [5, 5.41) is 4.67. The molecule has 1 aliphatic heterocycles. The van der Waals surface area contributed by atoms with Gasteiger partial charge < -0.3 is 20.1 Å². The molecule has 0 bridgehead atoms. The highest BCUT2D eigenvalue weighted by molar-refractivity contribution is 6.30. The Hall–Kier alpha value is -2.99. The van der Waals surface area contributed by atoms with E-state index in [1.54, 1.807) is 0 Å². The van der Waals surface area contributed by atoms with Gasteiger partial charge in [-0.2, -0.15) is 0 Å². The lowest BCUT2D eigenvalue weighted by Crippen LogP contribution is -2.48. The molecule has 29 heavy (non-hydrogen) atoms. The normalized spacial score (nSPS) is 14.2. The maximum Gasteiger partial charge on any atom is 0.224 e. The molecular weight excluding hydrogens is 388 g/mol. The molecule has 150 valence electrons. The third-order valence-electron chi connectivity index (χ3n) is 5.21. The first-order chi connectivity index (χ1) is 14.1. The average Bonchev–Trinajstić information content (AvgIpc) is 3.20. The number of halogens is 1. The number of H-pyrrole nitrogens is 1. The molecule has 1 saturated heterocycles. The van der Waals surface area contributed by atoms with Crippen LogP contribution in [-0.4, -0.2) is 47.9 Å². The zero-order chi connectivity index (χ0) is 20.2. The van der Waals surface area contributed by atoms with Gasteiger partial charge in [0.2, 0.25) is 11.8 Å². The van der Waals surface area contributed by atoms with Crippen LogP contribution in [0.4, 0.5) is 11.4 Å². The summed E-state index contributed by atoms with van der Waals surface area (Å²) >= 11 is 6.06. The van der Waals surface area contributed by atoms with Gasteiger partial charge in [-0.1, -0.05) is 23.7 Å². The molecule has 7 heteroatoms. The number of hydrogen-bond acceptors (Lipinski definition) is 3. The number of aromatic nitrogens is 1. The third kappa shape index (κ3) is 4.71. The molecule has 0 saturated carbocycles. The minimum Gasteiger partial charge on any atom is -0.368 e. The predicted octanol–water partition coefficient (Wildman–Crippen LogP) is 3.89. The molecule has 0 atom stereocenters. The van der Waals surface area contributed by atoms with E-state index in [1.165, 1.54) is 0 Å². The van der Waals surface area contributed by atoms with Crippen molar-refractivity contribution in [3.8, 4) is 0 Å². The Bertz CT molecular complexity index is 1020. The lowest BCUT2D eigenvalue weighted by Gasteiger charge is -2.36. The van der Waals surface area contributed by atoms with E-state index in [-0.39, 0.29) is 24.7 Å². The van der Waals surface area contributed by atoms with Gasteiger partial charge >= 0.3 is 0 Å². The maximum atomic E-state index is 12.5. The Balaban J connectivity index is 1.24. The molecule has 0 spiro atoms. The molecule has 4 rings (SSSR count). The summed E-state index contributed by atoms with van der Waals surface area (Å²) in [7, 11) is 0. The van der Waals surface area contributed by atoms with Gasteiger partial charge in [0, 0.05) is 67.1 Å². The van der Waals surface area contributed by atoms with Crippen molar-refractivity contribution >= 4 is 45.7 Å². The zero-order valence-corrected chi connectivity index (χ0v) is 16.8. The summed E-state index contributed by atoms with van der Waals surface area (Å²) in [5.74, 6) is -0.132. The summed E-state index contributed by atoms with van der Waals surface area (Å²) in [4.78, 5) is 31.9. The topological polar surface area (TPSA) is 68.4 Å². The van der Waals surface area contributed by atoms with Crippen LogP contribution in [0.2, 0.25) is 5.02 Å². The number of benzene rings is 2. The van der Waals surface area contributed by atoms with Crippen molar-refractivity contribution in [2.24, 2.45) is 0 Å². The number of fused-ring (bicyclic) bond motifs is 1. The monoisotopic (exact) mass is 410 g/mol. The molecule has 2 heterocycles. The van der Waals surface area contributed by atoms with Crippen molar-refractivity contribution in [3.05, 3.63) is 59.8 Å². The van der Waals surface area contributed by atoms with Crippen LogP contribution in [0, 0.1) is 0 Å². The van der Waals surface area contributed by atoms with E-state index in [0.29, 0.717) is 18.1 Å². The number of aromatic amines is 1. The molecule has 2 aromatic carbocycles. The molecule has 2 amide bonds. The van der Waals surface area contributed by atoms with Gasteiger partial charge in [-0.05, 0) is 41.8 Å². The molecule has 3 aromatic rings. The van der Waals surface area contributed by atoms with Crippen molar-refractivity contribution in [3.63, 3.8) is 0 Å². The van der Waals surface area contributed by atoms with Crippen LogP contribution >= 0.6 is 11.6 Å². The second-order valence-corrected chi connectivity index (χ2v) is 7.61. The van der Waals surface area contributed by atoms with Crippen molar-refractivity contribution < 1.29 is 9.59 Å². The van der Waals surface area contributed by atoms with E-state index in [9.17, 15) is 9.59 Å². The van der Waals surface area contributed by atoms with Crippen LogP contribution in [0.3, 0.4) is 0 Å². The van der Waals surface area contributed by atoms with Gasteiger partial charge in [0.05, 0.1) is 0 Å². The van der Waals surface area contributed by atoms with E-state index in [0.717, 1.165) is 35.4 Å². The molecule has 6 nitrogen and oxygen atoms in total. The van der Waals surface area contributed by atoms with Crippen LogP contribution in [0.5, 0.6) is 0 Å². The molecule has 1 fully saturated rings. The number of carbonyl (C=O) groups is 2. The van der Waals surface area contributed by atoms with Gasteiger partial charge in [-0.3, -0.25) is 9.59 Å². The SMILES string of the molecule is O=C(CCC(=O)N1CCN(c2cccc(Cl)c2)CC1)Nc1ccc2cc[nH]c2c1. The molecule has 0 radical (unpaired) electrons. The highest BCUT2D eigenvalue weighted by Gasteiger charge is 2.21. The number of anilines is 2. The Morgan fingerprint density at radius 2 is 1.83 bits per heavy atom. The molecule has 0 unspecified atom stereocenters. The third-order valence-corrected chi connectivity index (χ3v) is 5.45. The number of piperazine rings is 1. The van der Waals surface area contributed by atoms with Gasteiger partial charge in [-0.15, -0.1) is 0 Å². The quantitative estimate of drug-likeness (QED) is 0.670. The minimum atomic E-state index is -0.151. The number of nitrogens with one attached hydrogen (secondary N) is 2. The van der Waals surface area contributed by atoms with E-state index in [1.807, 2.05) is 59.6 Å². The number of hydrogen-bond donors (Lipinski definition) is 2. The molecule has 1 aromatic heterocycles. The summed E-state index contributed by atoms with van der Waals surface area (Å²) < 4.78 is 0. The second-order valence-electron chi connectivity index (χ2n) is 7.18. The Morgan fingerprint density at radius 3 is 2.62 bits per heavy atom. The number of nitrogens with zero attached hydrogens (tertiary/aromatic N) is 2. The lowest BCUT2D eigenvalue weighted by molar-refractivity contribution is -0.133. The molecule has 2 N–H and O–H groups in total. The van der Waals surface area contributed by atoms with Gasteiger partial charge in [-0.25, -0.2) is 0 Å². The van der Waals surface area contributed by atoms with Crippen molar-refractivity contribution in [2.45, 2.75) is 12.8 Å². The number of rotatable bonds is 5. The fraction of sp³-hybridized carbons (Fsp3) is 0.273. The van der Waals surface area contributed by atoms with E-state index in [2.05, 4.69) is 15.2 Å². The predicted molar refractivity (Wildman–Crippen MR) is 116 cm³/mol. The standard InChI is InChI=1S/C22H23ClN4O2/c23-17-2-1-3-19(14-17)26-10-12-27(13-11-26)22(29)7-6-21(28)25-18-5-4-16-8-9-24-20(16)15-18/h1-5,8-9,14-15,24H,6-7,10-13H2,(H,25,28). The van der Waals surface area contributed by atoms with Crippen LogP contribution in [0.25, 0.3) is 10.9 Å². The molecular formula is C22H23ClN4O2. The lowest BCUT2D eigenvalue weighted by atomic mass is 10.2. The summed E-state index contributed by atoms with van der Waals surface area (Å²) in [6.07, 6.45) is 2.25. The largest absolute Gasteiger partial charge is 0.368 e. The molecule has 0 aliphatic carbocycles. The minimum absolute atomic E-state index is 0.0192. The van der Waals surface area contributed by atoms with Crippen LogP contribution in [-0.2, 0) is 9.59 Å². The first-order valence-electron chi connectivity index (χ1n) is 9.74. The highest BCUT2D eigenvalue weighted by Crippen LogP contribution is 2.21. The smallest absolute Gasteiger partial charge is 0.224 e. The Labute approximate surface area is 174 Å². The Morgan fingerprint density at radius 1 is 1.00 bits per heavy atom. The van der Waals surface area contributed by atoms with Gasteiger partial charge in [0.1, 0.15) is 0 Å². The fourth-order valence-electron chi connectivity index (χ4n) is 3.61. The number of amides is 2. The average molecular weight is 411 g/mol. The summed E-state index contributed by atoms with van der Waals surface area (Å²) in [6, 6.07) is 15.4. The maximum absolute atomic E-state index is 12.5. The van der Waals surface area contributed by atoms with E-state index >= 15 is 0 Å². The highest BCUT2D eigenvalue weighted by atomic mass is 35.5. The number of carbonyl (C=O) groups excluding carboxylic acids is 2. The van der Waals surface area contributed by atoms with Crippen LogP contribution in [0.1, 0.15) is 12.8 Å². The van der Waals surface area contributed by atoms with Crippen LogP contribution in [0.15, 0.2) is 54.7 Å². The van der Waals surface area contributed by atoms with Gasteiger partial charge in [0.25, 0.3) is 0 Å². The van der Waals surface area contributed by atoms with Crippen LogP contribution < -0.4 is 10.2 Å². The van der Waals surface area contributed by atoms with Crippen molar-refractivity contribution in [1.82, 2.24) is 9.88 Å². The second kappa shape index (κ2) is 8.57. The van der Waals surface area contributed by atoms with Crippen molar-refractivity contribution in [2.75, 3.05) is 36.4 Å². The van der Waals surface area contributed by atoms with E-state index < -0.39 is 0 Å². The first-order valence-corrected chi connectivity index (χ1v) is 10.1. The van der Waals surface area contributed by atoms with Crippen molar-refractivity contribution in [1.29, 1.82) is 0 Å². The molecule has 1 aliphatic rings.